The van der Waals surface area contributed by atoms with Gasteiger partial charge in [-0.1, -0.05) is 60.5 Å². The van der Waals surface area contributed by atoms with E-state index < -0.39 is 0 Å². The van der Waals surface area contributed by atoms with Crippen molar-refractivity contribution in [1.29, 1.82) is 0 Å². The van der Waals surface area contributed by atoms with Crippen LogP contribution >= 0.6 is 11.6 Å². The van der Waals surface area contributed by atoms with Crippen molar-refractivity contribution >= 4 is 23.0 Å². The molecule has 0 atom stereocenters. The van der Waals surface area contributed by atoms with Gasteiger partial charge in [-0.2, -0.15) is 0 Å². The Labute approximate surface area is 188 Å². The van der Waals surface area contributed by atoms with Crippen LogP contribution in [-0.4, -0.2) is 14.8 Å². The molecule has 0 radical (unpaired) electrons. The molecule has 0 N–H and O–H groups in total. The number of carbonyl (C=O) groups is 1. The summed E-state index contributed by atoms with van der Waals surface area (Å²) in [5.74, 6) is 0.210. The summed E-state index contributed by atoms with van der Waals surface area (Å²) in [6.45, 7) is 5.15. The second-order valence-electron chi connectivity index (χ2n) is 8.56. The summed E-state index contributed by atoms with van der Waals surface area (Å²) >= 11 is 6.17. The molecule has 5 rings (SSSR count). The molecule has 1 aliphatic rings. The Balaban J connectivity index is 1.83. The lowest BCUT2D eigenvalue weighted by molar-refractivity contribution is 0.0977. The highest BCUT2D eigenvalue weighted by Crippen LogP contribution is 2.40. The van der Waals surface area contributed by atoms with Crippen LogP contribution in [0.25, 0.3) is 28.0 Å². The lowest BCUT2D eigenvalue weighted by Crippen LogP contribution is -2.04. The first-order valence-corrected chi connectivity index (χ1v) is 11.6. The number of Topliss-reactive ketones (excluding diaryl/α,β-unsaturated/α-hetero) is 1. The monoisotopic (exact) mass is 430 g/mol. The van der Waals surface area contributed by atoms with E-state index in [1.807, 2.05) is 24.3 Å². The van der Waals surface area contributed by atoms with E-state index in [1.165, 1.54) is 28.0 Å². The van der Waals surface area contributed by atoms with E-state index >= 15 is 0 Å². The smallest absolute Gasteiger partial charge is 0.180 e. The van der Waals surface area contributed by atoms with Gasteiger partial charge in [-0.15, -0.1) is 0 Å². The Morgan fingerprint density at radius 3 is 2.42 bits per heavy atom. The van der Waals surface area contributed by atoms with Crippen molar-refractivity contribution in [3.63, 3.8) is 0 Å². The zero-order valence-electron chi connectivity index (χ0n) is 18.1. The third-order valence-electron chi connectivity index (χ3n) is 6.36. The molecule has 31 heavy (non-hydrogen) atoms. The predicted molar refractivity (Wildman–Crippen MR) is 128 cm³/mol. The molecule has 0 aliphatic carbocycles. The van der Waals surface area contributed by atoms with Crippen molar-refractivity contribution in [3.8, 4) is 22.4 Å². The summed E-state index contributed by atoms with van der Waals surface area (Å²) in [4.78, 5) is 13.4. The third kappa shape index (κ3) is 3.41. The molecule has 3 nitrogen and oxygen atoms in total. The molecule has 1 aliphatic heterocycles. The molecule has 2 aromatic heterocycles. The minimum atomic E-state index is 0.210. The largest absolute Gasteiger partial charge is 0.325 e. The van der Waals surface area contributed by atoms with E-state index in [2.05, 4.69) is 53.3 Å². The molecule has 0 amide bonds. The van der Waals surface area contributed by atoms with Crippen LogP contribution in [0.3, 0.4) is 0 Å². The lowest BCUT2D eigenvalue weighted by atomic mass is 9.96. The van der Waals surface area contributed by atoms with Crippen LogP contribution in [0.15, 0.2) is 54.7 Å². The van der Waals surface area contributed by atoms with Crippen LogP contribution in [0.1, 0.15) is 54.2 Å². The number of ketones is 1. The van der Waals surface area contributed by atoms with Gasteiger partial charge in [0.1, 0.15) is 5.65 Å². The maximum atomic E-state index is 13.4. The van der Waals surface area contributed by atoms with Crippen LogP contribution in [0.2, 0.25) is 5.02 Å². The normalized spacial score (nSPS) is 13.5. The fourth-order valence-electron chi connectivity index (χ4n) is 4.89. The number of hydrogen-bond donors (Lipinski definition) is 0. The Hall–Kier alpha value is -2.78. The van der Waals surface area contributed by atoms with Gasteiger partial charge in [0.15, 0.2) is 5.78 Å². The Morgan fingerprint density at radius 1 is 1.00 bits per heavy atom. The van der Waals surface area contributed by atoms with Gasteiger partial charge in [-0.25, -0.2) is 0 Å². The van der Waals surface area contributed by atoms with E-state index in [4.69, 9.17) is 11.6 Å². The van der Waals surface area contributed by atoms with Crippen molar-refractivity contribution in [2.24, 2.45) is 0 Å². The summed E-state index contributed by atoms with van der Waals surface area (Å²) < 4.78 is 4.60. The molecule has 0 fully saturated rings. The van der Waals surface area contributed by atoms with Crippen LogP contribution in [0, 0.1) is 6.92 Å². The van der Waals surface area contributed by atoms with Crippen molar-refractivity contribution < 1.29 is 4.79 Å². The number of hydrogen-bond acceptors (Lipinski definition) is 1. The minimum absolute atomic E-state index is 0.210. The number of imidazole rings is 1. The molecular formula is C27H27ClN2O. The van der Waals surface area contributed by atoms with Gasteiger partial charge in [0, 0.05) is 35.3 Å². The van der Waals surface area contributed by atoms with Gasteiger partial charge < -0.3 is 4.57 Å². The molecule has 2 aromatic carbocycles. The summed E-state index contributed by atoms with van der Waals surface area (Å²) in [6, 6.07) is 16.6. The molecular weight excluding hydrogens is 404 g/mol. The van der Waals surface area contributed by atoms with E-state index in [1.54, 1.807) is 0 Å². The van der Waals surface area contributed by atoms with E-state index in [-0.39, 0.29) is 5.78 Å². The first kappa shape index (κ1) is 20.1. The van der Waals surface area contributed by atoms with Crippen molar-refractivity contribution in [2.75, 3.05) is 0 Å². The lowest BCUT2D eigenvalue weighted by Gasteiger charge is -2.09. The van der Waals surface area contributed by atoms with Crippen molar-refractivity contribution in [1.82, 2.24) is 8.97 Å². The number of halogens is 1. The molecule has 0 saturated carbocycles. The number of aromatic nitrogens is 2. The number of carbonyl (C=O) groups excluding carboxylic acids is 1. The standard InChI is InChI=1S/C27H27ClN2O/c1-3-6-24(31)26-25(20-12-14-21(28)15-13-20)22-7-4-5-16-29-23(17-30(26)27(22)29)19-10-8-18(2)9-11-19/h8-15,17H,3-7,16H2,1-2H3. The zero-order valence-corrected chi connectivity index (χ0v) is 18.9. The third-order valence-corrected chi connectivity index (χ3v) is 6.61. The Kier molecular flexibility index (Phi) is 5.23. The molecule has 158 valence electrons. The van der Waals surface area contributed by atoms with Crippen LogP contribution in [-0.2, 0) is 13.0 Å². The number of benzene rings is 2. The maximum absolute atomic E-state index is 13.4. The van der Waals surface area contributed by atoms with Crippen LogP contribution in [0.5, 0.6) is 0 Å². The van der Waals surface area contributed by atoms with Crippen LogP contribution < -0.4 is 0 Å². The number of rotatable bonds is 5. The fraction of sp³-hybridized carbons (Fsp3) is 0.296. The number of nitrogens with zero attached hydrogens (tertiary/aromatic N) is 2. The van der Waals surface area contributed by atoms with E-state index in [0.29, 0.717) is 11.4 Å². The van der Waals surface area contributed by atoms with Crippen molar-refractivity contribution in [3.05, 3.63) is 76.6 Å². The fourth-order valence-corrected chi connectivity index (χ4v) is 5.01. The second-order valence-corrected chi connectivity index (χ2v) is 9.00. The second kappa shape index (κ2) is 8.05. The topological polar surface area (TPSA) is 26.4 Å². The van der Waals surface area contributed by atoms with E-state index in [0.717, 1.165) is 49.0 Å². The molecule has 0 saturated heterocycles. The van der Waals surface area contributed by atoms with Crippen molar-refractivity contribution in [2.45, 2.75) is 52.5 Å². The van der Waals surface area contributed by atoms with Crippen LogP contribution in [0.4, 0.5) is 0 Å². The maximum Gasteiger partial charge on any atom is 0.180 e. The quantitative estimate of drug-likeness (QED) is 0.304. The molecule has 0 unspecified atom stereocenters. The van der Waals surface area contributed by atoms with Gasteiger partial charge in [0.2, 0.25) is 0 Å². The average molecular weight is 431 g/mol. The minimum Gasteiger partial charge on any atom is -0.325 e. The first-order valence-electron chi connectivity index (χ1n) is 11.2. The van der Waals surface area contributed by atoms with Gasteiger partial charge in [0.05, 0.1) is 11.4 Å². The molecule has 4 heteroatoms. The SMILES string of the molecule is CCCC(=O)c1c(-c2ccc(Cl)cc2)c2c3n(c(-c4ccc(C)cc4)cn13)CCCC2. The average Bonchev–Trinajstić information content (AvgIpc) is 3.18. The van der Waals surface area contributed by atoms with Gasteiger partial charge in [-0.3, -0.25) is 9.20 Å². The predicted octanol–water partition coefficient (Wildman–Crippen LogP) is 7.36. The number of aryl methyl sites for hydroxylation is 3. The Morgan fingerprint density at radius 2 is 1.71 bits per heavy atom. The first-order chi connectivity index (χ1) is 15.1. The van der Waals surface area contributed by atoms with E-state index in [9.17, 15) is 4.79 Å². The summed E-state index contributed by atoms with van der Waals surface area (Å²) in [7, 11) is 0. The molecule has 0 spiro atoms. The van der Waals surface area contributed by atoms with Gasteiger partial charge in [-0.05, 0) is 55.9 Å². The summed E-state index contributed by atoms with van der Waals surface area (Å²) in [6.07, 6.45) is 6.81. The molecule has 0 bridgehead atoms. The summed E-state index contributed by atoms with van der Waals surface area (Å²) in [5, 5.41) is 0.714. The van der Waals surface area contributed by atoms with Gasteiger partial charge in [0.25, 0.3) is 0 Å². The summed E-state index contributed by atoms with van der Waals surface area (Å²) in [5.41, 5.74) is 9.10. The van der Waals surface area contributed by atoms with Gasteiger partial charge >= 0.3 is 0 Å². The zero-order chi connectivity index (χ0) is 21.5. The highest BCUT2D eigenvalue weighted by Gasteiger charge is 2.29. The highest BCUT2D eigenvalue weighted by atomic mass is 35.5. The highest BCUT2D eigenvalue weighted by molar-refractivity contribution is 6.30. The molecule has 4 aromatic rings. The molecule has 3 heterocycles. The Bertz CT molecular complexity index is 1260.